The van der Waals surface area contributed by atoms with Crippen LogP contribution in [-0.2, 0) is 9.53 Å². The smallest absolute Gasteiger partial charge is 0.246 e. The van der Waals surface area contributed by atoms with Gasteiger partial charge < -0.3 is 10.1 Å². The molecule has 0 spiro atoms. The molecule has 204 valence electrons. The van der Waals surface area contributed by atoms with Crippen molar-refractivity contribution in [1.29, 1.82) is 0 Å². The molecule has 0 heterocycles. The quantitative estimate of drug-likeness (QED) is 0.188. The van der Waals surface area contributed by atoms with E-state index in [4.69, 9.17) is 4.74 Å². The summed E-state index contributed by atoms with van der Waals surface area (Å²) in [5.74, 6) is 5.26. The van der Waals surface area contributed by atoms with E-state index in [0.29, 0.717) is 35.7 Å². The lowest BCUT2D eigenvalue weighted by Gasteiger charge is -2.58. The highest BCUT2D eigenvalue weighted by molar-refractivity contribution is 5.92. The molecule has 4 rings (SSSR count). The molecule has 36 heavy (non-hydrogen) atoms. The van der Waals surface area contributed by atoms with Gasteiger partial charge >= 0.3 is 0 Å². The van der Waals surface area contributed by atoms with Gasteiger partial charge in [0.1, 0.15) is 0 Å². The third-order valence-electron chi connectivity index (χ3n) is 11.4. The third-order valence-corrected chi connectivity index (χ3v) is 11.4. The van der Waals surface area contributed by atoms with Gasteiger partial charge in [0.05, 0.1) is 12.7 Å². The minimum absolute atomic E-state index is 0.0701. The maximum atomic E-state index is 11.7. The Bertz CT molecular complexity index is 830. The van der Waals surface area contributed by atoms with Crippen LogP contribution < -0.4 is 5.32 Å². The van der Waals surface area contributed by atoms with Crippen molar-refractivity contribution in [3.8, 4) is 0 Å². The van der Waals surface area contributed by atoms with Crippen molar-refractivity contribution in [2.75, 3.05) is 13.2 Å². The fraction of sp³-hybridized carbons (Fsp3) is 0.848. The minimum Gasteiger partial charge on any atom is -0.376 e. The number of ether oxygens (including phenoxy) is 1. The van der Waals surface area contributed by atoms with E-state index < -0.39 is 0 Å². The highest BCUT2D eigenvalue weighted by Crippen LogP contribution is 2.67. The fourth-order valence-corrected chi connectivity index (χ4v) is 9.34. The SMILES string of the molecule is C=C(C)C(=O)NCCO[C@H]1CC[C@@]2(C)C(=CC[C@H]3[C@@H]4CC[C@H]([C@H](C)CCCC(C)C)[C@@]4(C)CC[C@@H]32)C1. The number of amides is 1. The Morgan fingerprint density at radius 1 is 1.11 bits per heavy atom. The van der Waals surface area contributed by atoms with Gasteiger partial charge in [0.15, 0.2) is 0 Å². The molecule has 3 heteroatoms. The van der Waals surface area contributed by atoms with Crippen molar-refractivity contribution >= 4 is 5.91 Å². The van der Waals surface area contributed by atoms with Crippen LogP contribution in [0, 0.1) is 46.3 Å². The topological polar surface area (TPSA) is 38.3 Å². The predicted octanol–water partition coefficient (Wildman–Crippen LogP) is 8.11. The van der Waals surface area contributed by atoms with Gasteiger partial charge in [-0.15, -0.1) is 0 Å². The second kappa shape index (κ2) is 11.3. The van der Waals surface area contributed by atoms with E-state index in [2.05, 4.69) is 52.6 Å². The van der Waals surface area contributed by atoms with E-state index in [9.17, 15) is 4.79 Å². The largest absolute Gasteiger partial charge is 0.376 e. The molecule has 0 saturated heterocycles. The Morgan fingerprint density at radius 3 is 2.61 bits per heavy atom. The zero-order valence-corrected chi connectivity index (χ0v) is 24.3. The van der Waals surface area contributed by atoms with Gasteiger partial charge in [-0.3, -0.25) is 4.79 Å². The summed E-state index contributed by atoms with van der Waals surface area (Å²) in [4.78, 5) is 11.7. The number of allylic oxidation sites excluding steroid dienone is 1. The van der Waals surface area contributed by atoms with Crippen LogP contribution in [0.5, 0.6) is 0 Å². The number of carbonyl (C=O) groups excluding carboxylic acids is 1. The van der Waals surface area contributed by atoms with Crippen molar-refractivity contribution in [3.05, 3.63) is 23.8 Å². The van der Waals surface area contributed by atoms with Crippen LogP contribution in [0.4, 0.5) is 0 Å². The Morgan fingerprint density at radius 2 is 1.89 bits per heavy atom. The van der Waals surface area contributed by atoms with Crippen LogP contribution in [0.2, 0.25) is 0 Å². The Labute approximate surface area is 222 Å². The third kappa shape index (κ3) is 5.52. The molecule has 4 aliphatic rings. The highest BCUT2D eigenvalue weighted by atomic mass is 16.5. The van der Waals surface area contributed by atoms with Gasteiger partial charge in [0, 0.05) is 12.1 Å². The molecule has 1 N–H and O–H groups in total. The zero-order valence-electron chi connectivity index (χ0n) is 24.3. The predicted molar refractivity (Wildman–Crippen MR) is 151 cm³/mol. The summed E-state index contributed by atoms with van der Waals surface area (Å²) in [6, 6.07) is 0. The van der Waals surface area contributed by atoms with Gasteiger partial charge in [0.25, 0.3) is 0 Å². The van der Waals surface area contributed by atoms with Crippen molar-refractivity contribution in [3.63, 3.8) is 0 Å². The van der Waals surface area contributed by atoms with E-state index in [1.807, 2.05) is 0 Å². The van der Waals surface area contributed by atoms with Crippen LogP contribution in [0.1, 0.15) is 112 Å². The summed E-state index contributed by atoms with van der Waals surface area (Å²) >= 11 is 0. The number of hydrogen-bond acceptors (Lipinski definition) is 2. The molecule has 1 amide bonds. The summed E-state index contributed by atoms with van der Waals surface area (Å²) < 4.78 is 6.23. The normalized spacial score (nSPS) is 38.5. The number of carbonyl (C=O) groups is 1. The van der Waals surface area contributed by atoms with Gasteiger partial charge in [-0.05, 0) is 105 Å². The van der Waals surface area contributed by atoms with Crippen molar-refractivity contribution in [2.24, 2.45) is 46.3 Å². The molecule has 0 aromatic carbocycles. The summed E-state index contributed by atoms with van der Waals surface area (Å²) in [6.07, 6.45) is 17.8. The van der Waals surface area contributed by atoms with E-state index in [1.54, 1.807) is 12.5 Å². The zero-order chi connectivity index (χ0) is 26.1. The van der Waals surface area contributed by atoms with E-state index in [1.165, 1.54) is 57.8 Å². The van der Waals surface area contributed by atoms with Crippen LogP contribution in [-0.4, -0.2) is 25.2 Å². The van der Waals surface area contributed by atoms with E-state index in [-0.39, 0.29) is 5.91 Å². The maximum Gasteiger partial charge on any atom is 0.246 e. The second-order valence-corrected chi connectivity index (χ2v) is 14.1. The van der Waals surface area contributed by atoms with Crippen LogP contribution >= 0.6 is 0 Å². The maximum absolute atomic E-state index is 11.7. The first-order chi connectivity index (χ1) is 17.1. The molecular weight excluding hydrogens is 442 g/mol. The Kier molecular flexibility index (Phi) is 8.80. The number of rotatable bonds is 10. The van der Waals surface area contributed by atoms with Crippen LogP contribution in [0.3, 0.4) is 0 Å². The van der Waals surface area contributed by atoms with Crippen molar-refractivity contribution < 1.29 is 9.53 Å². The molecule has 8 atom stereocenters. The van der Waals surface area contributed by atoms with Gasteiger partial charge in [0.2, 0.25) is 5.91 Å². The molecule has 0 aromatic rings. The van der Waals surface area contributed by atoms with E-state index >= 15 is 0 Å². The monoisotopic (exact) mass is 497 g/mol. The Balaban J connectivity index is 1.35. The lowest BCUT2D eigenvalue weighted by Crippen LogP contribution is -2.51. The molecule has 0 aromatic heterocycles. The molecule has 0 aliphatic heterocycles. The summed E-state index contributed by atoms with van der Waals surface area (Å²) in [7, 11) is 0. The fourth-order valence-electron chi connectivity index (χ4n) is 9.34. The first kappa shape index (κ1) is 27.9. The second-order valence-electron chi connectivity index (χ2n) is 14.1. The Hall–Kier alpha value is -1.09. The average Bonchev–Trinajstić information content (AvgIpc) is 3.18. The molecule has 0 bridgehead atoms. The van der Waals surface area contributed by atoms with Gasteiger partial charge in [-0.2, -0.15) is 0 Å². The average molecular weight is 498 g/mol. The van der Waals surface area contributed by atoms with Crippen molar-refractivity contribution in [2.45, 2.75) is 118 Å². The first-order valence-electron chi connectivity index (χ1n) is 15.3. The van der Waals surface area contributed by atoms with Crippen LogP contribution in [0.15, 0.2) is 23.8 Å². The molecule has 0 unspecified atom stereocenters. The number of fused-ring (bicyclic) bond motifs is 5. The molecule has 3 nitrogen and oxygen atoms in total. The van der Waals surface area contributed by atoms with Gasteiger partial charge in [-0.1, -0.05) is 72.1 Å². The lowest BCUT2D eigenvalue weighted by molar-refractivity contribution is -0.117. The molecule has 4 aliphatic carbocycles. The molecular formula is C33H55NO2. The van der Waals surface area contributed by atoms with Gasteiger partial charge in [-0.25, -0.2) is 0 Å². The summed E-state index contributed by atoms with van der Waals surface area (Å²) in [5.41, 5.74) is 3.18. The number of hydrogen-bond donors (Lipinski definition) is 1. The van der Waals surface area contributed by atoms with E-state index in [0.717, 1.165) is 48.3 Å². The number of nitrogens with one attached hydrogen (secondary N) is 1. The van der Waals surface area contributed by atoms with Crippen molar-refractivity contribution in [1.82, 2.24) is 5.32 Å². The first-order valence-corrected chi connectivity index (χ1v) is 15.3. The molecule has 3 fully saturated rings. The molecule has 3 saturated carbocycles. The minimum atomic E-state index is -0.0701. The van der Waals surface area contributed by atoms with Crippen LogP contribution in [0.25, 0.3) is 0 Å². The standard InChI is InChI=1S/C33H55NO2/c1-22(2)9-8-10-24(5)28-13-14-29-27-12-11-25-21-26(36-20-19-34-31(35)23(3)4)15-17-32(25,6)30(27)16-18-33(28,29)7/h11,22,24,26-30H,3,8-10,12-21H2,1-2,4-7H3,(H,34,35)/t24-,26+,27+,28-,29+,30+,32+,33-/m1/s1. The summed E-state index contributed by atoms with van der Waals surface area (Å²) in [6.45, 7) is 19.2. The highest BCUT2D eigenvalue weighted by Gasteiger charge is 2.59. The lowest BCUT2D eigenvalue weighted by atomic mass is 9.47. The summed E-state index contributed by atoms with van der Waals surface area (Å²) in [5, 5.41) is 2.90. The molecule has 0 radical (unpaired) electrons.